The molecule has 0 aliphatic carbocycles. The number of carbonyl (C=O) groups is 1. The van der Waals surface area contributed by atoms with E-state index in [1.807, 2.05) is 0 Å². The van der Waals surface area contributed by atoms with Crippen LogP contribution in [-0.4, -0.2) is 30.2 Å². The third-order valence-electron chi connectivity index (χ3n) is 3.87. The van der Waals surface area contributed by atoms with Crippen molar-refractivity contribution in [2.24, 2.45) is 0 Å². The average molecular weight is 361 g/mol. The van der Waals surface area contributed by atoms with Crippen molar-refractivity contribution in [1.82, 2.24) is 0 Å². The molecule has 0 bridgehead atoms. The first-order valence-electron chi connectivity index (χ1n) is 8.03. The van der Waals surface area contributed by atoms with Crippen LogP contribution in [0, 0.1) is 15.9 Å². The lowest BCUT2D eigenvalue weighted by Crippen LogP contribution is -2.16. The number of hydrogen-bond acceptors (Lipinski definition) is 6. The first-order valence-corrected chi connectivity index (χ1v) is 8.03. The van der Waals surface area contributed by atoms with E-state index >= 15 is 0 Å². The third-order valence-corrected chi connectivity index (χ3v) is 3.87. The summed E-state index contributed by atoms with van der Waals surface area (Å²) in [5, 5.41) is 10.9. The fourth-order valence-electron chi connectivity index (χ4n) is 2.53. The lowest BCUT2D eigenvalue weighted by molar-refractivity contribution is -0.385. The number of nitro groups is 1. The molecule has 1 atom stereocenters. The molecule has 0 radical (unpaired) electrons. The van der Waals surface area contributed by atoms with Gasteiger partial charge in [-0.1, -0.05) is 0 Å². The number of nitrogens with zero attached hydrogens (tertiary/aromatic N) is 1. The Balaban J connectivity index is 1.65. The minimum Gasteiger partial charge on any atom is -0.491 e. The number of esters is 1. The quantitative estimate of drug-likeness (QED) is 0.339. The molecule has 1 heterocycles. The molecule has 0 saturated carbocycles. The Kier molecular flexibility index (Phi) is 5.43. The van der Waals surface area contributed by atoms with Crippen LogP contribution in [0.1, 0.15) is 23.2 Å². The van der Waals surface area contributed by atoms with Crippen LogP contribution >= 0.6 is 0 Å². The number of halogens is 1. The van der Waals surface area contributed by atoms with Crippen molar-refractivity contribution in [3.63, 3.8) is 0 Å². The van der Waals surface area contributed by atoms with Gasteiger partial charge in [0.05, 0.1) is 16.6 Å². The summed E-state index contributed by atoms with van der Waals surface area (Å²) in [6, 6.07) is 8.79. The Hall–Kier alpha value is -3.00. The predicted molar refractivity (Wildman–Crippen MR) is 88.9 cm³/mol. The van der Waals surface area contributed by atoms with Crippen molar-refractivity contribution in [1.29, 1.82) is 0 Å². The number of rotatable bonds is 6. The lowest BCUT2D eigenvalue weighted by Gasteiger charge is -2.11. The highest BCUT2D eigenvalue weighted by molar-refractivity contribution is 5.91. The number of carbonyl (C=O) groups excluding carboxylic acids is 1. The maximum atomic E-state index is 13.3. The largest absolute Gasteiger partial charge is 0.491 e. The van der Waals surface area contributed by atoms with Gasteiger partial charge in [0.2, 0.25) is 5.75 Å². The van der Waals surface area contributed by atoms with Crippen molar-refractivity contribution in [3.8, 4) is 11.5 Å². The van der Waals surface area contributed by atoms with E-state index in [4.69, 9.17) is 14.2 Å². The first-order chi connectivity index (χ1) is 12.5. The van der Waals surface area contributed by atoms with Gasteiger partial charge in [-0.05, 0) is 43.2 Å². The van der Waals surface area contributed by atoms with E-state index in [-0.39, 0.29) is 11.7 Å². The summed E-state index contributed by atoms with van der Waals surface area (Å²) >= 11 is 0. The monoisotopic (exact) mass is 361 g/mol. The molecule has 1 saturated heterocycles. The van der Waals surface area contributed by atoms with E-state index in [1.165, 1.54) is 12.1 Å². The number of nitro benzene ring substituents is 1. The predicted octanol–water partition coefficient (Wildman–Crippen LogP) is 3.51. The average Bonchev–Trinajstić information content (AvgIpc) is 3.13. The second-order valence-electron chi connectivity index (χ2n) is 5.73. The topological polar surface area (TPSA) is 87.9 Å². The molecule has 136 valence electrons. The second kappa shape index (κ2) is 7.92. The van der Waals surface area contributed by atoms with E-state index in [1.54, 1.807) is 12.1 Å². The molecular weight excluding hydrogens is 345 g/mol. The van der Waals surface area contributed by atoms with Crippen LogP contribution in [0.15, 0.2) is 42.5 Å². The minimum absolute atomic E-state index is 0.0770. The highest BCUT2D eigenvalue weighted by atomic mass is 19.1. The zero-order valence-electron chi connectivity index (χ0n) is 13.7. The molecule has 0 amide bonds. The number of hydrogen-bond donors (Lipinski definition) is 0. The summed E-state index contributed by atoms with van der Waals surface area (Å²) in [6.45, 7) is 1.17. The third kappa shape index (κ3) is 4.34. The van der Waals surface area contributed by atoms with Gasteiger partial charge in [-0.15, -0.1) is 0 Å². The molecule has 3 rings (SSSR count). The molecule has 2 aromatic carbocycles. The molecule has 8 heteroatoms. The normalized spacial score (nSPS) is 16.3. The van der Waals surface area contributed by atoms with Crippen molar-refractivity contribution in [2.45, 2.75) is 18.9 Å². The van der Waals surface area contributed by atoms with E-state index in [9.17, 15) is 19.3 Å². The minimum atomic E-state index is -0.829. The number of benzene rings is 2. The summed E-state index contributed by atoms with van der Waals surface area (Å²) < 4.78 is 29.3. The summed E-state index contributed by atoms with van der Waals surface area (Å²) in [6.07, 6.45) is 2.05. The Labute approximate surface area is 148 Å². The molecule has 1 fully saturated rings. The molecule has 7 nitrogen and oxygen atoms in total. The van der Waals surface area contributed by atoms with Crippen molar-refractivity contribution in [2.75, 3.05) is 13.2 Å². The number of ether oxygens (including phenoxy) is 3. The van der Waals surface area contributed by atoms with Crippen molar-refractivity contribution >= 4 is 11.7 Å². The van der Waals surface area contributed by atoms with Gasteiger partial charge >= 0.3 is 11.7 Å². The van der Waals surface area contributed by atoms with Gasteiger partial charge in [-0.2, -0.15) is 0 Å². The molecule has 2 aromatic rings. The Morgan fingerprint density at radius 1 is 1.27 bits per heavy atom. The molecule has 1 unspecified atom stereocenters. The van der Waals surface area contributed by atoms with E-state index in [2.05, 4.69) is 0 Å². The standard InChI is InChI=1S/C18H16FNO6/c19-13-5-8-16(20(22)23)17(10-13)26-18(21)12-3-6-14(7-4-12)25-11-15-2-1-9-24-15/h3-8,10,15H,1-2,9,11H2. The molecular formula is C18H16FNO6. The Morgan fingerprint density at radius 3 is 2.69 bits per heavy atom. The van der Waals surface area contributed by atoms with Crippen molar-refractivity contribution in [3.05, 3.63) is 64.0 Å². The molecule has 0 aromatic heterocycles. The summed E-state index contributed by atoms with van der Waals surface area (Å²) in [4.78, 5) is 22.3. The van der Waals surface area contributed by atoms with Gasteiger partial charge in [0.25, 0.3) is 0 Å². The molecule has 1 aliphatic rings. The van der Waals surface area contributed by atoms with Crippen LogP contribution in [0.3, 0.4) is 0 Å². The maximum absolute atomic E-state index is 13.3. The van der Waals surface area contributed by atoms with Crippen LogP contribution in [-0.2, 0) is 4.74 Å². The highest BCUT2D eigenvalue weighted by Crippen LogP contribution is 2.28. The Bertz CT molecular complexity index is 802. The van der Waals surface area contributed by atoms with E-state index in [0.29, 0.717) is 12.4 Å². The van der Waals surface area contributed by atoms with E-state index < -0.39 is 28.1 Å². The zero-order valence-corrected chi connectivity index (χ0v) is 13.7. The van der Waals surface area contributed by atoms with Crippen LogP contribution in [0.4, 0.5) is 10.1 Å². The van der Waals surface area contributed by atoms with Gasteiger partial charge in [0.1, 0.15) is 18.2 Å². The van der Waals surface area contributed by atoms with Gasteiger partial charge in [0, 0.05) is 18.7 Å². The highest BCUT2D eigenvalue weighted by Gasteiger charge is 2.20. The van der Waals surface area contributed by atoms with E-state index in [0.717, 1.165) is 37.6 Å². The van der Waals surface area contributed by atoms with Gasteiger partial charge in [0.15, 0.2) is 0 Å². The van der Waals surface area contributed by atoms with Gasteiger partial charge in [-0.25, -0.2) is 9.18 Å². The van der Waals surface area contributed by atoms with Gasteiger partial charge in [-0.3, -0.25) is 10.1 Å². The van der Waals surface area contributed by atoms with Crippen molar-refractivity contribution < 1.29 is 28.3 Å². The smallest absolute Gasteiger partial charge is 0.343 e. The van der Waals surface area contributed by atoms with Gasteiger partial charge < -0.3 is 14.2 Å². The SMILES string of the molecule is O=C(Oc1cc(F)ccc1[N+](=O)[O-])c1ccc(OCC2CCCO2)cc1. The summed E-state index contributed by atoms with van der Waals surface area (Å²) in [7, 11) is 0. The molecule has 1 aliphatic heterocycles. The van der Waals surface area contributed by atoms with Crippen LogP contribution in [0.2, 0.25) is 0 Å². The fraction of sp³-hybridized carbons (Fsp3) is 0.278. The molecule has 0 N–H and O–H groups in total. The molecule has 0 spiro atoms. The zero-order chi connectivity index (χ0) is 18.5. The van der Waals surface area contributed by atoms with Crippen LogP contribution in [0.5, 0.6) is 11.5 Å². The fourth-order valence-corrected chi connectivity index (χ4v) is 2.53. The summed E-state index contributed by atoms with van der Waals surface area (Å²) in [5.74, 6) is -1.45. The van der Waals surface area contributed by atoms with Crippen LogP contribution < -0.4 is 9.47 Å². The first kappa shape index (κ1) is 17.8. The van der Waals surface area contributed by atoms with Crippen LogP contribution in [0.25, 0.3) is 0 Å². The summed E-state index contributed by atoms with van der Waals surface area (Å²) in [5.41, 5.74) is -0.329. The maximum Gasteiger partial charge on any atom is 0.343 e. The Morgan fingerprint density at radius 2 is 2.04 bits per heavy atom. The lowest BCUT2D eigenvalue weighted by atomic mass is 10.2. The second-order valence-corrected chi connectivity index (χ2v) is 5.73. The molecule has 26 heavy (non-hydrogen) atoms.